The fraction of sp³-hybridized carbons (Fsp3) is 0.889. The molecule has 0 amide bonds. The van der Waals surface area contributed by atoms with Crippen LogP contribution >= 0.6 is 0 Å². The van der Waals surface area contributed by atoms with Gasteiger partial charge in [-0.15, -0.1) is 10.2 Å². The van der Waals surface area contributed by atoms with Crippen molar-refractivity contribution >= 4 is 0 Å². The molecule has 1 aliphatic carbocycles. The van der Waals surface area contributed by atoms with Gasteiger partial charge >= 0.3 is 0 Å². The largest absolute Gasteiger partial charge is 0.327 e. The van der Waals surface area contributed by atoms with Crippen LogP contribution in [0.25, 0.3) is 0 Å². The Morgan fingerprint density at radius 2 is 2.36 bits per heavy atom. The van der Waals surface area contributed by atoms with E-state index in [0.29, 0.717) is 5.92 Å². The summed E-state index contributed by atoms with van der Waals surface area (Å²) < 4.78 is 0. The summed E-state index contributed by atoms with van der Waals surface area (Å²) in [6.07, 6.45) is 4.59. The summed E-state index contributed by atoms with van der Waals surface area (Å²) in [7, 11) is 0. The predicted molar refractivity (Wildman–Crippen MR) is 52.4 cm³/mol. The normalized spacial score (nSPS) is 20.7. The van der Waals surface area contributed by atoms with E-state index in [9.17, 15) is 0 Å². The number of H-pyrrole nitrogens is 1. The summed E-state index contributed by atoms with van der Waals surface area (Å²) in [6, 6.07) is 0.185. The molecular weight excluding hydrogens is 178 g/mol. The Hall–Kier alpha value is -0.970. The molecule has 78 valence electrons. The van der Waals surface area contributed by atoms with E-state index in [4.69, 9.17) is 5.73 Å². The SMILES string of the molecule is CCC(C(N)Cc1nn[nH]n1)C1CC1. The number of nitrogens with one attached hydrogen (secondary N) is 1. The summed E-state index contributed by atoms with van der Waals surface area (Å²) in [5.41, 5.74) is 6.14. The molecule has 0 aliphatic heterocycles. The second kappa shape index (κ2) is 4.04. The fourth-order valence-corrected chi connectivity index (χ4v) is 2.14. The van der Waals surface area contributed by atoms with Crippen LogP contribution in [-0.2, 0) is 6.42 Å². The van der Waals surface area contributed by atoms with E-state index in [1.54, 1.807) is 0 Å². The summed E-state index contributed by atoms with van der Waals surface area (Å²) in [5, 5.41) is 13.8. The lowest BCUT2D eigenvalue weighted by Crippen LogP contribution is -2.33. The van der Waals surface area contributed by atoms with E-state index in [1.807, 2.05) is 0 Å². The summed E-state index contributed by atoms with van der Waals surface area (Å²) >= 11 is 0. The Labute approximate surface area is 83.5 Å². The maximum Gasteiger partial charge on any atom is 0.176 e. The van der Waals surface area contributed by atoms with Crippen LogP contribution in [0.1, 0.15) is 32.0 Å². The predicted octanol–water partition coefficient (Wildman–Crippen LogP) is 0.506. The van der Waals surface area contributed by atoms with Crippen LogP contribution < -0.4 is 5.73 Å². The van der Waals surface area contributed by atoms with Crippen molar-refractivity contribution in [3.05, 3.63) is 5.82 Å². The molecule has 3 N–H and O–H groups in total. The minimum atomic E-state index is 0.185. The first-order valence-electron chi connectivity index (χ1n) is 5.29. The van der Waals surface area contributed by atoms with Gasteiger partial charge in [-0.1, -0.05) is 18.6 Å². The number of tetrazole rings is 1. The highest BCUT2D eigenvalue weighted by Gasteiger charge is 2.34. The molecule has 2 unspecified atom stereocenters. The van der Waals surface area contributed by atoms with Crippen LogP contribution in [0.5, 0.6) is 0 Å². The maximum absolute atomic E-state index is 6.14. The molecule has 5 nitrogen and oxygen atoms in total. The van der Waals surface area contributed by atoms with Gasteiger partial charge < -0.3 is 5.73 Å². The molecule has 1 aromatic heterocycles. The molecule has 0 aromatic carbocycles. The number of aromatic nitrogens is 4. The second-order valence-electron chi connectivity index (χ2n) is 4.11. The lowest BCUT2D eigenvalue weighted by atomic mass is 9.90. The van der Waals surface area contributed by atoms with Gasteiger partial charge in [-0.05, 0) is 24.7 Å². The lowest BCUT2D eigenvalue weighted by molar-refractivity contribution is 0.356. The smallest absolute Gasteiger partial charge is 0.176 e. The molecule has 1 fully saturated rings. The van der Waals surface area contributed by atoms with Crippen molar-refractivity contribution in [1.29, 1.82) is 0 Å². The number of nitrogens with two attached hydrogens (primary N) is 1. The van der Waals surface area contributed by atoms with Gasteiger partial charge in [-0.2, -0.15) is 5.21 Å². The highest BCUT2D eigenvalue weighted by Crippen LogP contribution is 2.40. The minimum absolute atomic E-state index is 0.185. The van der Waals surface area contributed by atoms with Gasteiger partial charge in [0, 0.05) is 12.5 Å². The van der Waals surface area contributed by atoms with Crippen LogP contribution in [0.15, 0.2) is 0 Å². The van der Waals surface area contributed by atoms with Crippen molar-refractivity contribution in [3.63, 3.8) is 0 Å². The van der Waals surface area contributed by atoms with E-state index >= 15 is 0 Å². The number of hydrogen-bond acceptors (Lipinski definition) is 4. The second-order valence-corrected chi connectivity index (χ2v) is 4.11. The standard InChI is InChI=1S/C9H17N5/c1-2-7(6-3-4-6)8(10)5-9-11-13-14-12-9/h6-8H,2-5,10H2,1H3,(H,11,12,13,14). The third-order valence-corrected chi connectivity index (χ3v) is 3.06. The zero-order valence-electron chi connectivity index (χ0n) is 8.48. The minimum Gasteiger partial charge on any atom is -0.327 e. The van der Waals surface area contributed by atoms with Crippen LogP contribution in [-0.4, -0.2) is 26.7 Å². The molecule has 0 bridgehead atoms. The average molecular weight is 195 g/mol. The Morgan fingerprint density at radius 1 is 1.57 bits per heavy atom. The Bertz CT molecular complexity index is 267. The summed E-state index contributed by atoms with van der Waals surface area (Å²) in [5.74, 6) is 2.21. The van der Waals surface area contributed by atoms with Crippen LogP contribution in [0, 0.1) is 11.8 Å². The van der Waals surface area contributed by atoms with Crippen LogP contribution in [0.4, 0.5) is 0 Å². The molecule has 1 aromatic rings. The monoisotopic (exact) mass is 195 g/mol. The molecule has 1 heterocycles. The van der Waals surface area contributed by atoms with E-state index in [-0.39, 0.29) is 6.04 Å². The topological polar surface area (TPSA) is 80.5 Å². The summed E-state index contributed by atoms with van der Waals surface area (Å²) in [6.45, 7) is 2.21. The Balaban J connectivity index is 1.90. The maximum atomic E-state index is 6.14. The van der Waals surface area contributed by atoms with Gasteiger partial charge in [0.15, 0.2) is 5.82 Å². The van der Waals surface area contributed by atoms with E-state index < -0.39 is 0 Å². The van der Waals surface area contributed by atoms with Gasteiger partial charge in [0.05, 0.1) is 0 Å². The molecular formula is C9H17N5. The molecule has 2 rings (SSSR count). The molecule has 1 aliphatic rings. The first kappa shape index (κ1) is 9.58. The highest BCUT2D eigenvalue weighted by molar-refractivity contribution is 4.92. The zero-order valence-corrected chi connectivity index (χ0v) is 8.48. The van der Waals surface area contributed by atoms with E-state index in [0.717, 1.165) is 24.6 Å². The average Bonchev–Trinajstić information content (AvgIpc) is 2.86. The fourth-order valence-electron chi connectivity index (χ4n) is 2.14. The van der Waals surface area contributed by atoms with Gasteiger partial charge in [-0.3, -0.25) is 0 Å². The summed E-state index contributed by atoms with van der Waals surface area (Å²) in [4.78, 5) is 0. The van der Waals surface area contributed by atoms with Crippen molar-refractivity contribution in [3.8, 4) is 0 Å². The first-order valence-corrected chi connectivity index (χ1v) is 5.29. The number of aromatic amines is 1. The molecule has 1 saturated carbocycles. The molecule has 5 heteroatoms. The lowest BCUT2D eigenvalue weighted by Gasteiger charge is -2.20. The Kier molecular flexibility index (Phi) is 2.77. The molecule has 0 saturated heterocycles. The highest BCUT2D eigenvalue weighted by atomic mass is 15.5. The molecule has 0 spiro atoms. The third-order valence-electron chi connectivity index (χ3n) is 3.06. The van der Waals surface area contributed by atoms with Crippen molar-refractivity contribution in [2.75, 3.05) is 0 Å². The molecule has 2 atom stereocenters. The van der Waals surface area contributed by atoms with Gasteiger partial charge in [0.2, 0.25) is 0 Å². The van der Waals surface area contributed by atoms with Crippen molar-refractivity contribution < 1.29 is 0 Å². The van der Waals surface area contributed by atoms with Gasteiger partial charge in [-0.25, -0.2) is 0 Å². The van der Waals surface area contributed by atoms with Gasteiger partial charge in [0.1, 0.15) is 0 Å². The number of rotatable bonds is 5. The van der Waals surface area contributed by atoms with Crippen molar-refractivity contribution in [2.24, 2.45) is 17.6 Å². The zero-order chi connectivity index (χ0) is 9.97. The third kappa shape index (κ3) is 2.09. The van der Waals surface area contributed by atoms with Crippen LogP contribution in [0.3, 0.4) is 0 Å². The van der Waals surface area contributed by atoms with Crippen molar-refractivity contribution in [1.82, 2.24) is 20.6 Å². The number of nitrogens with zero attached hydrogens (tertiary/aromatic N) is 3. The van der Waals surface area contributed by atoms with Crippen molar-refractivity contribution in [2.45, 2.75) is 38.6 Å². The van der Waals surface area contributed by atoms with E-state index in [1.165, 1.54) is 12.8 Å². The molecule has 0 radical (unpaired) electrons. The first-order chi connectivity index (χ1) is 6.81. The van der Waals surface area contributed by atoms with E-state index in [2.05, 4.69) is 27.5 Å². The quantitative estimate of drug-likeness (QED) is 0.717. The Morgan fingerprint density at radius 3 is 2.86 bits per heavy atom. The van der Waals surface area contributed by atoms with Crippen LogP contribution in [0.2, 0.25) is 0 Å². The molecule has 14 heavy (non-hydrogen) atoms. The van der Waals surface area contributed by atoms with Gasteiger partial charge in [0.25, 0.3) is 0 Å². The number of hydrogen-bond donors (Lipinski definition) is 2.